The van der Waals surface area contributed by atoms with Crippen molar-refractivity contribution in [3.05, 3.63) is 28.3 Å². The van der Waals surface area contributed by atoms with Gasteiger partial charge < -0.3 is 9.64 Å². The van der Waals surface area contributed by atoms with Gasteiger partial charge in [0.05, 0.1) is 11.6 Å². The van der Waals surface area contributed by atoms with Gasteiger partial charge in [-0.05, 0) is 76.4 Å². The number of aryl methyl sites for hydroxylation is 2. The van der Waals surface area contributed by atoms with E-state index in [2.05, 4.69) is 24.8 Å². The molecular formula is C16H24ClNO. The maximum atomic E-state index is 6.22. The van der Waals surface area contributed by atoms with Gasteiger partial charge in [-0.2, -0.15) is 0 Å². The Kier molecular flexibility index (Phi) is 5.53. The highest BCUT2D eigenvalue weighted by Gasteiger charge is 2.10. The van der Waals surface area contributed by atoms with Crippen molar-refractivity contribution in [3.63, 3.8) is 0 Å². The van der Waals surface area contributed by atoms with Gasteiger partial charge in [-0.15, -0.1) is 0 Å². The van der Waals surface area contributed by atoms with Crippen LogP contribution >= 0.6 is 11.6 Å². The normalized spacial score (nSPS) is 15.9. The maximum Gasteiger partial charge on any atom is 0.140 e. The highest BCUT2D eigenvalue weighted by Crippen LogP contribution is 2.29. The highest BCUT2D eigenvalue weighted by molar-refractivity contribution is 6.32. The number of nitrogens with zero attached hydrogens (tertiary/aromatic N) is 1. The molecule has 3 heteroatoms. The van der Waals surface area contributed by atoms with Crippen molar-refractivity contribution >= 4 is 11.6 Å². The number of rotatable bonds is 6. The molecule has 1 aliphatic heterocycles. The molecule has 0 unspecified atom stereocenters. The molecule has 0 aromatic heterocycles. The summed E-state index contributed by atoms with van der Waals surface area (Å²) in [5.74, 6) is 0.855. The van der Waals surface area contributed by atoms with Crippen molar-refractivity contribution in [1.82, 2.24) is 4.90 Å². The summed E-state index contributed by atoms with van der Waals surface area (Å²) in [6.07, 6.45) is 5.05. The first kappa shape index (κ1) is 14.7. The summed E-state index contributed by atoms with van der Waals surface area (Å²) in [6, 6.07) is 4.08. The Morgan fingerprint density at radius 2 is 1.89 bits per heavy atom. The van der Waals surface area contributed by atoms with Crippen LogP contribution in [0.2, 0.25) is 5.02 Å². The first-order chi connectivity index (χ1) is 9.16. The first-order valence-electron chi connectivity index (χ1n) is 7.29. The summed E-state index contributed by atoms with van der Waals surface area (Å²) in [6.45, 7) is 8.64. The number of halogens is 1. The molecule has 106 valence electrons. The monoisotopic (exact) mass is 281 g/mol. The van der Waals surface area contributed by atoms with Crippen LogP contribution in [-0.2, 0) is 0 Å². The topological polar surface area (TPSA) is 12.5 Å². The van der Waals surface area contributed by atoms with Gasteiger partial charge >= 0.3 is 0 Å². The molecule has 1 saturated heterocycles. The second-order valence-corrected chi connectivity index (χ2v) is 5.90. The van der Waals surface area contributed by atoms with E-state index in [1.54, 1.807) is 0 Å². The Morgan fingerprint density at radius 1 is 1.16 bits per heavy atom. The smallest absolute Gasteiger partial charge is 0.140 e. The molecule has 1 aromatic rings. The van der Waals surface area contributed by atoms with E-state index in [1.807, 2.05) is 6.07 Å². The van der Waals surface area contributed by atoms with Crippen LogP contribution in [0.25, 0.3) is 0 Å². The summed E-state index contributed by atoms with van der Waals surface area (Å²) in [4.78, 5) is 2.55. The predicted molar refractivity (Wildman–Crippen MR) is 81.3 cm³/mol. The van der Waals surface area contributed by atoms with E-state index in [9.17, 15) is 0 Å². The van der Waals surface area contributed by atoms with E-state index in [0.29, 0.717) is 0 Å². The molecule has 1 aliphatic rings. The fourth-order valence-electron chi connectivity index (χ4n) is 2.70. The van der Waals surface area contributed by atoms with Crippen molar-refractivity contribution in [3.8, 4) is 5.75 Å². The van der Waals surface area contributed by atoms with Crippen molar-refractivity contribution < 1.29 is 4.74 Å². The quantitative estimate of drug-likeness (QED) is 0.724. The zero-order valence-electron chi connectivity index (χ0n) is 12.0. The van der Waals surface area contributed by atoms with Gasteiger partial charge in [-0.25, -0.2) is 0 Å². The Labute approximate surface area is 121 Å². The molecule has 0 spiro atoms. The molecule has 1 heterocycles. The van der Waals surface area contributed by atoms with Gasteiger partial charge in [0.25, 0.3) is 0 Å². The van der Waals surface area contributed by atoms with Gasteiger partial charge in [-0.3, -0.25) is 0 Å². The molecule has 19 heavy (non-hydrogen) atoms. The minimum atomic E-state index is 0.733. The van der Waals surface area contributed by atoms with Gasteiger partial charge in [0.15, 0.2) is 0 Å². The lowest BCUT2D eigenvalue weighted by atomic mass is 10.1. The lowest BCUT2D eigenvalue weighted by Crippen LogP contribution is -2.20. The van der Waals surface area contributed by atoms with Crippen LogP contribution in [0.15, 0.2) is 12.1 Å². The number of ether oxygens (including phenoxy) is 1. The summed E-state index contributed by atoms with van der Waals surface area (Å²) in [5.41, 5.74) is 2.31. The summed E-state index contributed by atoms with van der Waals surface area (Å²) in [5, 5.41) is 0.733. The minimum Gasteiger partial charge on any atom is -0.492 e. The Morgan fingerprint density at radius 3 is 2.58 bits per heavy atom. The van der Waals surface area contributed by atoms with Gasteiger partial charge in [-0.1, -0.05) is 17.7 Å². The zero-order valence-corrected chi connectivity index (χ0v) is 12.8. The lowest BCUT2D eigenvalue weighted by Gasteiger charge is -2.15. The molecular weight excluding hydrogens is 258 g/mol. The molecule has 2 nitrogen and oxygen atoms in total. The fourth-order valence-corrected chi connectivity index (χ4v) is 3.08. The van der Waals surface area contributed by atoms with Crippen molar-refractivity contribution in [2.45, 2.75) is 39.5 Å². The number of hydrogen-bond acceptors (Lipinski definition) is 2. The molecule has 1 fully saturated rings. The summed E-state index contributed by atoms with van der Waals surface area (Å²) >= 11 is 6.22. The van der Waals surface area contributed by atoms with E-state index in [0.717, 1.165) is 29.4 Å². The van der Waals surface area contributed by atoms with Gasteiger partial charge in [0.1, 0.15) is 5.75 Å². The molecule has 0 atom stereocenters. The lowest BCUT2D eigenvalue weighted by molar-refractivity contribution is 0.278. The third-order valence-corrected chi connectivity index (χ3v) is 3.97. The van der Waals surface area contributed by atoms with Crippen LogP contribution in [0.1, 0.15) is 36.8 Å². The molecule has 0 radical (unpaired) electrons. The van der Waals surface area contributed by atoms with E-state index < -0.39 is 0 Å². The second kappa shape index (κ2) is 7.16. The number of likely N-dealkylation sites (tertiary alicyclic amines) is 1. The number of benzene rings is 1. The largest absolute Gasteiger partial charge is 0.492 e. The molecule has 0 aliphatic carbocycles. The van der Waals surface area contributed by atoms with Gasteiger partial charge in [0, 0.05) is 0 Å². The average molecular weight is 282 g/mol. The van der Waals surface area contributed by atoms with Crippen LogP contribution in [0, 0.1) is 13.8 Å². The average Bonchev–Trinajstić information content (AvgIpc) is 2.84. The van der Waals surface area contributed by atoms with Crippen molar-refractivity contribution in [2.24, 2.45) is 0 Å². The molecule has 0 amide bonds. The Hall–Kier alpha value is -0.730. The molecule has 0 N–H and O–H groups in total. The first-order valence-corrected chi connectivity index (χ1v) is 7.66. The van der Waals surface area contributed by atoms with Crippen LogP contribution < -0.4 is 4.74 Å². The molecule has 0 saturated carbocycles. The van der Waals surface area contributed by atoms with E-state index in [-0.39, 0.29) is 0 Å². The summed E-state index contributed by atoms with van der Waals surface area (Å²) in [7, 11) is 0. The fraction of sp³-hybridized carbons (Fsp3) is 0.625. The van der Waals surface area contributed by atoms with Crippen LogP contribution in [0.4, 0.5) is 0 Å². The maximum absolute atomic E-state index is 6.22. The van der Waals surface area contributed by atoms with Crippen molar-refractivity contribution in [2.75, 3.05) is 26.2 Å². The van der Waals surface area contributed by atoms with Gasteiger partial charge in [0.2, 0.25) is 0 Å². The van der Waals surface area contributed by atoms with Crippen molar-refractivity contribution in [1.29, 1.82) is 0 Å². The third kappa shape index (κ3) is 4.39. The van der Waals surface area contributed by atoms with Crippen LogP contribution in [0.5, 0.6) is 5.75 Å². The SMILES string of the molecule is Cc1cc(C)c(OCCCCN2CCCC2)c(Cl)c1. The zero-order chi connectivity index (χ0) is 13.7. The Bertz CT molecular complexity index is 390. The molecule has 2 rings (SSSR count). The Balaban J connectivity index is 1.70. The minimum absolute atomic E-state index is 0.733. The van der Waals surface area contributed by atoms with E-state index >= 15 is 0 Å². The van der Waals surface area contributed by atoms with Crippen LogP contribution in [-0.4, -0.2) is 31.1 Å². The molecule has 1 aromatic carbocycles. The highest BCUT2D eigenvalue weighted by atomic mass is 35.5. The van der Waals surface area contributed by atoms with Crippen LogP contribution in [0.3, 0.4) is 0 Å². The predicted octanol–water partition coefficient (Wildman–Crippen LogP) is 4.21. The third-order valence-electron chi connectivity index (χ3n) is 3.69. The van der Waals surface area contributed by atoms with E-state index in [4.69, 9.17) is 16.3 Å². The number of unbranched alkanes of at least 4 members (excludes halogenated alkanes) is 1. The standard InChI is InChI=1S/C16H24ClNO/c1-13-11-14(2)16(15(17)12-13)19-10-6-5-9-18-7-3-4-8-18/h11-12H,3-10H2,1-2H3. The number of hydrogen-bond donors (Lipinski definition) is 0. The second-order valence-electron chi connectivity index (χ2n) is 5.50. The van der Waals surface area contributed by atoms with E-state index in [1.165, 1.54) is 44.5 Å². The molecule has 0 bridgehead atoms. The summed E-state index contributed by atoms with van der Waals surface area (Å²) < 4.78 is 5.84.